The van der Waals surface area contributed by atoms with Crippen LogP contribution in [0.4, 0.5) is 5.95 Å². The maximum atomic E-state index is 12.0. The Bertz CT molecular complexity index is 656. The van der Waals surface area contributed by atoms with Gasteiger partial charge in [0.1, 0.15) is 11.4 Å². The molecular formula is C15H18N4O2. The number of nitrogens with two attached hydrogens (primary N) is 1. The van der Waals surface area contributed by atoms with Crippen LogP contribution in [0.15, 0.2) is 30.3 Å². The van der Waals surface area contributed by atoms with E-state index < -0.39 is 0 Å². The number of aromatic nitrogens is 2. The maximum absolute atomic E-state index is 12.0. The highest BCUT2D eigenvalue weighted by atomic mass is 16.5. The molecule has 0 unspecified atom stereocenters. The van der Waals surface area contributed by atoms with E-state index in [0.717, 1.165) is 5.56 Å². The summed E-state index contributed by atoms with van der Waals surface area (Å²) in [4.78, 5) is 21.7. The lowest BCUT2D eigenvalue weighted by molar-refractivity contribution is 0.0822. The molecule has 6 heteroatoms. The highest BCUT2D eigenvalue weighted by Gasteiger charge is 2.15. The van der Waals surface area contributed by atoms with Crippen molar-refractivity contribution in [2.45, 2.75) is 6.92 Å². The van der Waals surface area contributed by atoms with Gasteiger partial charge in [-0.1, -0.05) is 12.1 Å². The molecule has 0 fully saturated rings. The molecule has 6 nitrogen and oxygen atoms in total. The van der Waals surface area contributed by atoms with E-state index in [1.165, 1.54) is 4.90 Å². The maximum Gasteiger partial charge on any atom is 0.272 e. The van der Waals surface area contributed by atoms with Crippen molar-refractivity contribution in [3.63, 3.8) is 0 Å². The van der Waals surface area contributed by atoms with Crippen molar-refractivity contribution in [1.82, 2.24) is 14.9 Å². The number of amides is 1. The number of nitrogen functional groups attached to an aromatic ring is 1. The smallest absolute Gasteiger partial charge is 0.272 e. The summed E-state index contributed by atoms with van der Waals surface area (Å²) in [5.41, 5.74) is 7.33. The molecule has 1 aromatic heterocycles. The number of hydrogen-bond donors (Lipinski definition) is 1. The van der Waals surface area contributed by atoms with E-state index in [1.54, 1.807) is 20.2 Å². The zero-order valence-corrected chi connectivity index (χ0v) is 12.3. The van der Waals surface area contributed by atoms with Gasteiger partial charge in [0.2, 0.25) is 5.95 Å². The second kappa shape index (κ2) is 6.21. The Kier molecular flexibility index (Phi) is 4.37. The summed E-state index contributed by atoms with van der Waals surface area (Å²) in [6.07, 6.45) is 0. The van der Waals surface area contributed by atoms with Crippen molar-refractivity contribution in [2.75, 3.05) is 26.4 Å². The number of carbonyl (C=O) groups is 1. The monoisotopic (exact) mass is 286 g/mol. The summed E-state index contributed by atoms with van der Waals surface area (Å²) >= 11 is 0. The first kappa shape index (κ1) is 14.8. The van der Waals surface area contributed by atoms with E-state index in [0.29, 0.717) is 18.1 Å². The van der Waals surface area contributed by atoms with E-state index in [4.69, 9.17) is 10.5 Å². The van der Waals surface area contributed by atoms with E-state index in [-0.39, 0.29) is 17.5 Å². The van der Waals surface area contributed by atoms with Crippen molar-refractivity contribution in [3.05, 3.63) is 36.0 Å². The number of hydrogen-bond acceptors (Lipinski definition) is 5. The lowest BCUT2D eigenvalue weighted by Gasteiger charge is -2.13. The predicted molar refractivity (Wildman–Crippen MR) is 81.1 cm³/mol. The fraction of sp³-hybridized carbons (Fsp3) is 0.267. The van der Waals surface area contributed by atoms with Gasteiger partial charge in [-0.2, -0.15) is 0 Å². The Morgan fingerprint density at radius 3 is 2.67 bits per heavy atom. The normalized spacial score (nSPS) is 10.2. The standard InChI is InChI=1S/C15H18N4O2/c1-4-21-13-8-6-5-7-10(13)11-9-12(14(20)19(2)3)18-15(16)17-11/h5-9H,4H2,1-3H3,(H2,16,17,18). The van der Waals surface area contributed by atoms with Gasteiger partial charge < -0.3 is 15.4 Å². The van der Waals surface area contributed by atoms with Crippen molar-refractivity contribution < 1.29 is 9.53 Å². The molecule has 0 bridgehead atoms. The Labute approximate surface area is 123 Å². The first-order valence-corrected chi connectivity index (χ1v) is 6.61. The number of rotatable bonds is 4. The van der Waals surface area contributed by atoms with E-state index >= 15 is 0 Å². The first-order chi connectivity index (χ1) is 10.0. The van der Waals surface area contributed by atoms with Crippen LogP contribution in [0.2, 0.25) is 0 Å². The lowest BCUT2D eigenvalue weighted by atomic mass is 10.1. The largest absolute Gasteiger partial charge is 0.493 e. The second-order valence-electron chi connectivity index (χ2n) is 4.63. The third kappa shape index (κ3) is 3.28. The van der Waals surface area contributed by atoms with Gasteiger partial charge in [-0.05, 0) is 25.1 Å². The molecule has 1 heterocycles. The topological polar surface area (TPSA) is 81.3 Å². The molecule has 0 aliphatic rings. The average Bonchev–Trinajstić information content (AvgIpc) is 2.46. The molecular weight excluding hydrogens is 268 g/mol. The Balaban J connectivity index is 2.52. The summed E-state index contributed by atoms with van der Waals surface area (Å²) in [5.74, 6) is 0.532. The van der Waals surface area contributed by atoms with Gasteiger partial charge in [0, 0.05) is 19.7 Å². The SMILES string of the molecule is CCOc1ccccc1-c1cc(C(=O)N(C)C)nc(N)n1. The summed E-state index contributed by atoms with van der Waals surface area (Å²) in [6, 6.07) is 9.10. The predicted octanol–water partition coefficient (Wildman–Crippen LogP) is 1.83. The zero-order valence-electron chi connectivity index (χ0n) is 12.3. The van der Waals surface area contributed by atoms with Crippen LogP contribution in [-0.4, -0.2) is 41.5 Å². The van der Waals surface area contributed by atoms with Gasteiger partial charge in [-0.25, -0.2) is 9.97 Å². The quantitative estimate of drug-likeness (QED) is 0.927. The summed E-state index contributed by atoms with van der Waals surface area (Å²) in [5, 5.41) is 0. The van der Waals surface area contributed by atoms with Crippen LogP contribution in [0.5, 0.6) is 5.75 Å². The van der Waals surface area contributed by atoms with Crippen LogP contribution in [0, 0.1) is 0 Å². The van der Waals surface area contributed by atoms with Crippen LogP contribution < -0.4 is 10.5 Å². The zero-order chi connectivity index (χ0) is 15.4. The van der Waals surface area contributed by atoms with Crippen LogP contribution in [0.3, 0.4) is 0 Å². The first-order valence-electron chi connectivity index (χ1n) is 6.61. The third-order valence-electron chi connectivity index (χ3n) is 2.83. The van der Waals surface area contributed by atoms with Gasteiger partial charge >= 0.3 is 0 Å². The van der Waals surface area contributed by atoms with Crippen LogP contribution in [0.1, 0.15) is 17.4 Å². The Morgan fingerprint density at radius 2 is 2.00 bits per heavy atom. The average molecular weight is 286 g/mol. The second-order valence-corrected chi connectivity index (χ2v) is 4.63. The number of para-hydroxylation sites is 1. The van der Waals surface area contributed by atoms with Crippen LogP contribution >= 0.6 is 0 Å². The van der Waals surface area contributed by atoms with Gasteiger partial charge in [0.15, 0.2) is 0 Å². The molecule has 2 aromatic rings. The van der Waals surface area contributed by atoms with Crippen LogP contribution in [-0.2, 0) is 0 Å². The number of nitrogens with zero attached hydrogens (tertiary/aromatic N) is 3. The Hall–Kier alpha value is -2.63. The van der Waals surface area contributed by atoms with Crippen LogP contribution in [0.25, 0.3) is 11.3 Å². The number of benzene rings is 1. The van der Waals surface area contributed by atoms with Gasteiger partial charge in [0.25, 0.3) is 5.91 Å². The molecule has 0 saturated heterocycles. The van der Waals surface area contributed by atoms with Crippen molar-refractivity contribution in [3.8, 4) is 17.0 Å². The summed E-state index contributed by atoms with van der Waals surface area (Å²) < 4.78 is 5.58. The molecule has 1 aromatic carbocycles. The number of ether oxygens (including phenoxy) is 1. The number of anilines is 1. The third-order valence-corrected chi connectivity index (χ3v) is 2.83. The van der Waals surface area contributed by atoms with Crippen molar-refractivity contribution in [2.24, 2.45) is 0 Å². The van der Waals surface area contributed by atoms with Crippen molar-refractivity contribution >= 4 is 11.9 Å². The molecule has 0 saturated carbocycles. The summed E-state index contributed by atoms with van der Waals surface area (Å²) in [7, 11) is 3.32. The van der Waals surface area contributed by atoms with Gasteiger partial charge in [-0.15, -0.1) is 0 Å². The molecule has 0 spiro atoms. The fourth-order valence-corrected chi connectivity index (χ4v) is 1.90. The van der Waals surface area contributed by atoms with Gasteiger partial charge in [-0.3, -0.25) is 4.79 Å². The molecule has 2 N–H and O–H groups in total. The molecule has 0 aliphatic heterocycles. The molecule has 2 rings (SSSR count). The number of carbonyl (C=O) groups excluding carboxylic acids is 1. The molecule has 0 atom stereocenters. The fourth-order valence-electron chi connectivity index (χ4n) is 1.90. The van der Waals surface area contributed by atoms with E-state index in [2.05, 4.69) is 9.97 Å². The van der Waals surface area contributed by atoms with E-state index in [1.807, 2.05) is 31.2 Å². The minimum atomic E-state index is -0.223. The molecule has 21 heavy (non-hydrogen) atoms. The highest BCUT2D eigenvalue weighted by molar-refractivity contribution is 5.93. The molecule has 1 amide bonds. The van der Waals surface area contributed by atoms with Crippen molar-refractivity contribution in [1.29, 1.82) is 0 Å². The summed E-state index contributed by atoms with van der Waals surface area (Å²) in [6.45, 7) is 2.45. The lowest BCUT2D eigenvalue weighted by Crippen LogP contribution is -2.23. The minimum Gasteiger partial charge on any atom is -0.493 e. The molecule has 0 aliphatic carbocycles. The van der Waals surface area contributed by atoms with Gasteiger partial charge in [0.05, 0.1) is 12.3 Å². The van der Waals surface area contributed by atoms with E-state index in [9.17, 15) is 4.79 Å². The molecule has 0 radical (unpaired) electrons. The Morgan fingerprint density at radius 1 is 1.29 bits per heavy atom. The molecule has 110 valence electrons. The highest BCUT2D eigenvalue weighted by Crippen LogP contribution is 2.29. The minimum absolute atomic E-state index is 0.0593.